The Bertz CT molecular complexity index is 1120. The molecule has 4 rings (SSSR count). The third-order valence-electron chi connectivity index (χ3n) is 7.35. The number of carbonyl (C=O) groups is 2. The summed E-state index contributed by atoms with van der Waals surface area (Å²) in [5, 5.41) is 3.03. The summed E-state index contributed by atoms with van der Waals surface area (Å²) in [6.07, 6.45) is 9.16. The molecule has 1 atom stereocenters. The number of imidazole rings is 1. The van der Waals surface area contributed by atoms with Crippen molar-refractivity contribution in [2.75, 3.05) is 20.2 Å². The molecular weight excluding hydrogens is 464 g/mol. The summed E-state index contributed by atoms with van der Waals surface area (Å²) in [5.74, 6) is 0.602. The lowest BCUT2D eigenvalue weighted by atomic mass is 9.70. The fourth-order valence-corrected chi connectivity index (χ4v) is 5.18. The molecule has 3 aromatic rings. The molecule has 2 N–H and O–H groups in total. The second-order valence-corrected chi connectivity index (χ2v) is 10.0. The molecule has 0 saturated carbocycles. The lowest BCUT2D eigenvalue weighted by Gasteiger charge is -2.52. The number of unbranched alkanes of at least 4 members (excludes halogenated alkanes) is 2. The molecule has 1 aliphatic heterocycles. The van der Waals surface area contributed by atoms with E-state index in [-0.39, 0.29) is 17.2 Å². The van der Waals surface area contributed by atoms with E-state index in [2.05, 4.69) is 46.5 Å². The third kappa shape index (κ3) is 6.79. The molecule has 7 heteroatoms. The standard InChI is InChI=1S/C30H38N4O3/c1-3-4-8-17-30(24-9-6-5-7-10-24)20-34(21-30)29(36)27(18-23-11-14-26(37-2)15-12-23)33-28(35)16-13-25-19-31-22-32-25/h5-7,9-12,14-15,19,22,27H,3-4,8,13,16-18,20-21H2,1-2H3,(H,31,32)(H,33,35)/t27-/m1/s1. The second kappa shape index (κ2) is 12.6. The van der Waals surface area contributed by atoms with Crippen LogP contribution in [0.25, 0.3) is 0 Å². The van der Waals surface area contributed by atoms with Crippen LogP contribution in [0.2, 0.25) is 0 Å². The zero-order valence-electron chi connectivity index (χ0n) is 21.9. The fraction of sp³-hybridized carbons (Fsp3) is 0.433. The molecule has 196 valence electrons. The Morgan fingerprint density at radius 1 is 1.11 bits per heavy atom. The number of benzene rings is 2. The van der Waals surface area contributed by atoms with Crippen LogP contribution in [0.5, 0.6) is 5.75 Å². The number of likely N-dealkylation sites (tertiary alicyclic amines) is 1. The summed E-state index contributed by atoms with van der Waals surface area (Å²) in [6.45, 7) is 3.58. The van der Waals surface area contributed by atoms with Gasteiger partial charge in [-0.2, -0.15) is 0 Å². The highest BCUT2D eigenvalue weighted by Crippen LogP contribution is 2.39. The molecule has 1 fully saturated rings. The van der Waals surface area contributed by atoms with Crippen molar-refractivity contribution in [3.63, 3.8) is 0 Å². The number of ether oxygens (including phenoxy) is 1. The topological polar surface area (TPSA) is 87.3 Å². The van der Waals surface area contributed by atoms with Gasteiger partial charge >= 0.3 is 0 Å². The van der Waals surface area contributed by atoms with Crippen LogP contribution in [0, 0.1) is 0 Å². The van der Waals surface area contributed by atoms with Crippen molar-refractivity contribution in [2.24, 2.45) is 0 Å². The average Bonchev–Trinajstić information content (AvgIpc) is 3.43. The van der Waals surface area contributed by atoms with Crippen molar-refractivity contribution < 1.29 is 14.3 Å². The molecule has 2 amide bonds. The molecule has 0 spiro atoms. The van der Waals surface area contributed by atoms with E-state index in [1.54, 1.807) is 19.6 Å². The molecule has 0 unspecified atom stereocenters. The predicted octanol–water partition coefficient (Wildman–Crippen LogP) is 4.44. The van der Waals surface area contributed by atoms with E-state index < -0.39 is 6.04 Å². The first-order valence-electron chi connectivity index (χ1n) is 13.3. The average molecular weight is 503 g/mol. The van der Waals surface area contributed by atoms with Crippen molar-refractivity contribution in [1.29, 1.82) is 0 Å². The minimum atomic E-state index is -0.618. The van der Waals surface area contributed by atoms with Crippen LogP contribution in [-0.2, 0) is 27.8 Å². The van der Waals surface area contributed by atoms with Crippen LogP contribution >= 0.6 is 0 Å². The van der Waals surface area contributed by atoms with Gasteiger partial charge in [0.15, 0.2) is 0 Å². The number of aromatic nitrogens is 2. The molecule has 37 heavy (non-hydrogen) atoms. The van der Waals surface area contributed by atoms with Crippen molar-refractivity contribution in [2.45, 2.75) is 63.3 Å². The van der Waals surface area contributed by atoms with E-state index >= 15 is 0 Å². The molecule has 1 aromatic heterocycles. The summed E-state index contributed by atoms with van der Waals surface area (Å²) in [7, 11) is 1.63. The summed E-state index contributed by atoms with van der Waals surface area (Å²) in [6, 6.07) is 17.6. The Morgan fingerprint density at radius 3 is 2.51 bits per heavy atom. The lowest BCUT2D eigenvalue weighted by molar-refractivity contribution is -0.143. The molecule has 2 aromatic carbocycles. The van der Waals surface area contributed by atoms with Gasteiger partial charge in [0, 0.05) is 43.2 Å². The highest BCUT2D eigenvalue weighted by Gasteiger charge is 2.47. The predicted molar refractivity (Wildman–Crippen MR) is 144 cm³/mol. The van der Waals surface area contributed by atoms with E-state index in [0.29, 0.717) is 32.4 Å². The van der Waals surface area contributed by atoms with Gasteiger partial charge in [0.2, 0.25) is 11.8 Å². The van der Waals surface area contributed by atoms with Gasteiger partial charge in [-0.25, -0.2) is 4.98 Å². The third-order valence-corrected chi connectivity index (χ3v) is 7.35. The zero-order chi connectivity index (χ0) is 26.1. The second-order valence-electron chi connectivity index (χ2n) is 10.0. The molecule has 7 nitrogen and oxygen atoms in total. The number of aryl methyl sites for hydroxylation is 1. The monoisotopic (exact) mass is 502 g/mol. The van der Waals surface area contributed by atoms with Gasteiger partial charge < -0.3 is 19.9 Å². The van der Waals surface area contributed by atoms with Crippen molar-refractivity contribution in [3.05, 3.63) is 83.9 Å². The number of H-pyrrole nitrogens is 1. The SMILES string of the molecule is CCCCCC1(c2ccccc2)CN(C(=O)[C@@H](Cc2ccc(OC)cc2)NC(=O)CCc2cnc[nH]2)C1. The van der Waals surface area contributed by atoms with Gasteiger partial charge in [-0.3, -0.25) is 9.59 Å². The van der Waals surface area contributed by atoms with Crippen LogP contribution in [0.15, 0.2) is 67.1 Å². The summed E-state index contributed by atoms with van der Waals surface area (Å²) < 4.78 is 5.27. The molecule has 1 saturated heterocycles. The Balaban J connectivity index is 1.46. The Labute approximate surface area is 219 Å². The Kier molecular flexibility index (Phi) is 8.99. The summed E-state index contributed by atoms with van der Waals surface area (Å²) >= 11 is 0. The highest BCUT2D eigenvalue weighted by molar-refractivity contribution is 5.88. The first kappa shape index (κ1) is 26.5. The number of amides is 2. The summed E-state index contributed by atoms with van der Waals surface area (Å²) in [4.78, 5) is 35.6. The van der Waals surface area contributed by atoms with Crippen molar-refractivity contribution >= 4 is 11.8 Å². The largest absolute Gasteiger partial charge is 0.497 e. The van der Waals surface area contributed by atoms with E-state index in [4.69, 9.17) is 4.74 Å². The zero-order valence-corrected chi connectivity index (χ0v) is 21.9. The van der Waals surface area contributed by atoms with Gasteiger partial charge in [-0.15, -0.1) is 0 Å². The number of aromatic amines is 1. The van der Waals surface area contributed by atoms with Gasteiger partial charge in [-0.1, -0.05) is 68.7 Å². The van der Waals surface area contributed by atoms with Crippen LogP contribution in [0.4, 0.5) is 0 Å². The van der Waals surface area contributed by atoms with E-state index in [0.717, 1.165) is 29.8 Å². The number of rotatable bonds is 13. The van der Waals surface area contributed by atoms with Crippen LogP contribution < -0.4 is 10.1 Å². The molecule has 1 aliphatic rings. The first-order chi connectivity index (χ1) is 18.0. The van der Waals surface area contributed by atoms with Gasteiger partial charge in [0.1, 0.15) is 11.8 Å². The molecule has 0 aliphatic carbocycles. The quantitative estimate of drug-likeness (QED) is 0.338. The highest BCUT2D eigenvalue weighted by atomic mass is 16.5. The lowest BCUT2D eigenvalue weighted by Crippen LogP contribution is -2.64. The van der Waals surface area contributed by atoms with E-state index in [1.165, 1.54) is 18.4 Å². The number of hydrogen-bond acceptors (Lipinski definition) is 4. The van der Waals surface area contributed by atoms with Gasteiger partial charge in [0.25, 0.3) is 0 Å². The van der Waals surface area contributed by atoms with E-state index in [1.807, 2.05) is 35.2 Å². The maximum atomic E-state index is 13.7. The number of carbonyl (C=O) groups excluding carboxylic acids is 2. The maximum Gasteiger partial charge on any atom is 0.245 e. The number of hydrogen-bond donors (Lipinski definition) is 2. The minimum absolute atomic E-state index is 0.0125. The molecule has 2 heterocycles. The molecular formula is C30H38N4O3. The van der Waals surface area contributed by atoms with Gasteiger partial charge in [0.05, 0.1) is 13.4 Å². The first-order valence-corrected chi connectivity index (χ1v) is 13.3. The Hall–Kier alpha value is -3.61. The van der Waals surface area contributed by atoms with Crippen LogP contribution in [0.3, 0.4) is 0 Å². The van der Waals surface area contributed by atoms with Crippen molar-refractivity contribution in [1.82, 2.24) is 20.2 Å². The normalized spacial score (nSPS) is 15.0. The van der Waals surface area contributed by atoms with Crippen molar-refractivity contribution in [3.8, 4) is 5.75 Å². The van der Waals surface area contributed by atoms with Gasteiger partial charge in [-0.05, 0) is 36.1 Å². The Morgan fingerprint density at radius 2 is 1.86 bits per heavy atom. The minimum Gasteiger partial charge on any atom is -0.497 e. The smallest absolute Gasteiger partial charge is 0.245 e. The number of methoxy groups -OCH3 is 1. The maximum absolute atomic E-state index is 13.7. The number of nitrogens with zero attached hydrogens (tertiary/aromatic N) is 2. The fourth-order valence-electron chi connectivity index (χ4n) is 5.18. The van der Waals surface area contributed by atoms with E-state index in [9.17, 15) is 9.59 Å². The molecule has 0 bridgehead atoms. The molecule has 0 radical (unpaired) electrons. The van der Waals surface area contributed by atoms with Crippen LogP contribution in [0.1, 0.15) is 55.8 Å². The van der Waals surface area contributed by atoms with Crippen LogP contribution in [-0.4, -0.2) is 52.9 Å². The summed E-state index contributed by atoms with van der Waals surface area (Å²) in [5.41, 5.74) is 3.16. The number of nitrogens with one attached hydrogen (secondary N) is 2.